The Bertz CT molecular complexity index is 1790. The second-order valence-corrected chi connectivity index (χ2v) is 12.8. The van der Waals surface area contributed by atoms with Crippen molar-refractivity contribution in [3.05, 3.63) is 40.7 Å². The fourth-order valence-electron chi connectivity index (χ4n) is 3.91. The maximum atomic E-state index is 13.3. The van der Waals surface area contributed by atoms with Crippen LogP contribution in [0.2, 0.25) is 0 Å². The molecule has 2 aromatic heterocycles. The average Bonchev–Trinajstić information content (AvgIpc) is 3.65. The van der Waals surface area contributed by atoms with Gasteiger partial charge in [0.15, 0.2) is 22.3 Å². The SMILES string of the molecule is CC(C)(ON=C(C(=O)N[C@@H]1C(=O)N2C(OC(=O)O)=C(CSc3nnc(-c4ccc(O)c(O)c4)o3)CS[C@@H]12)c1csc(N)n1)C(=O)O. The molecule has 0 radical (unpaired) electrons. The summed E-state index contributed by atoms with van der Waals surface area (Å²) in [5.41, 5.74) is 4.22. The fourth-order valence-corrected chi connectivity index (χ4v) is 6.67. The number of carboxylic acids is 1. The van der Waals surface area contributed by atoms with Gasteiger partial charge in [0.05, 0.1) is 0 Å². The number of benzene rings is 1. The number of hydrogen-bond donors (Lipinski definition) is 6. The van der Waals surface area contributed by atoms with Crippen LogP contribution >= 0.6 is 34.9 Å². The molecule has 3 aromatic rings. The zero-order valence-electron chi connectivity index (χ0n) is 23.6. The number of nitrogens with one attached hydrogen (secondary N) is 1. The molecule has 21 heteroatoms. The van der Waals surface area contributed by atoms with Crippen LogP contribution in [0.5, 0.6) is 11.5 Å². The quantitative estimate of drug-likeness (QED) is 0.0417. The summed E-state index contributed by atoms with van der Waals surface area (Å²) in [6.07, 6.45) is -1.66. The van der Waals surface area contributed by atoms with E-state index in [4.69, 9.17) is 19.7 Å². The van der Waals surface area contributed by atoms with Crippen molar-refractivity contribution in [3.8, 4) is 23.0 Å². The highest BCUT2D eigenvalue weighted by atomic mass is 32.2. The minimum atomic E-state index is -1.80. The fraction of sp³-hybridized carbons (Fsp3) is 0.280. The number of amides is 2. The molecule has 0 unspecified atom stereocenters. The topological polar surface area (TPSA) is 273 Å². The normalized spacial score (nSPS) is 18.1. The molecule has 0 bridgehead atoms. The Balaban J connectivity index is 1.31. The lowest BCUT2D eigenvalue weighted by Gasteiger charge is -2.49. The maximum Gasteiger partial charge on any atom is 0.512 e. The number of fused-ring (bicyclic) bond motifs is 1. The third kappa shape index (κ3) is 6.65. The number of thiazole rings is 1. The Labute approximate surface area is 270 Å². The van der Waals surface area contributed by atoms with Crippen LogP contribution in [0.15, 0.2) is 49.8 Å². The summed E-state index contributed by atoms with van der Waals surface area (Å²) in [7, 11) is 0. The number of ether oxygens (including phenoxy) is 1. The number of nitrogen functional groups attached to an aromatic ring is 1. The molecule has 1 aromatic carbocycles. The first-order valence-corrected chi connectivity index (χ1v) is 15.7. The number of carbonyl (C=O) groups is 4. The van der Waals surface area contributed by atoms with Gasteiger partial charge in [0.25, 0.3) is 17.0 Å². The number of phenolic OH excluding ortho intramolecular Hbond substituents is 2. The largest absolute Gasteiger partial charge is 0.512 e. The number of nitrogens with zero attached hydrogens (tertiary/aromatic N) is 5. The van der Waals surface area contributed by atoms with Crippen molar-refractivity contribution in [1.82, 2.24) is 25.4 Å². The molecule has 2 amide bonds. The van der Waals surface area contributed by atoms with Gasteiger partial charge in [-0.25, -0.2) is 14.6 Å². The van der Waals surface area contributed by atoms with E-state index >= 15 is 0 Å². The van der Waals surface area contributed by atoms with Crippen LogP contribution in [0.4, 0.5) is 9.93 Å². The van der Waals surface area contributed by atoms with E-state index in [2.05, 4.69) is 25.7 Å². The van der Waals surface area contributed by atoms with Crippen molar-refractivity contribution >= 4 is 69.6 Å². The van der Waals surface area contributed by atoms with Gasteiger partial charge in [-0.2, -0.15) is 0 Å². The van der Waals surface area contributed by atoms with E-state index in [1.807, 2.05) is 0 Å². The van der Waals surface area contributed by atoms with Crippen LogP contribution in [0.25, 0.3) is 11.5 Å². The summed E-state index contributed by atoms with van der Waals surface area (Å²) in [5.74, 6) is -3.52. The number of phenols is 2. The zero-order valence-corrected chi connectivity index (χ0v) is 26.0. The van der Waals surface area contributed by atoms with Crippen LogP contribution in [-0.4, -0.2) is 98.7 Å². The standard InChI is InChI=1S/C25H23N7O11S3/c1-25(2,21(37)38)43-31-14(11-8-45-22(26)27-11)16(35)28-15-18(36)32-19(42-24(39)40)10(6-44-20(15)32)7-46-23-30-29-17(41-23)9-3-4-12(33)13(34)5-9/h3-5,8,15,20,33-34H,6-7H2,1-2H3,(H2,26,27)(H,28,35)(H,37,38)(H,39,40)/t15-,20+/m1/s1. The molecule has 5 rings (SSSR count). The third-order valence-electron chi connectivity index (χ3n) is 6.32. The molecule has 242 valence electrons. The lowest BCUT2D eigenvalue weighted by atomic mass is 10.1. The van der Waals surface area contributed by atoms with Gasteiger partial charge >= 0.3 is 12.1 Å². The Hall–Kier alpha value is -5.02. The van der Waals surface area contributed by atoms with E-state index in [-0.39, 0.29) is 50.8 Å². The molecule has 2 aliphatic heterocycles. The molecule has 2 aliphatic rings. The predicted molar refractivity (Wildman–Crippen MR) is 161 cm³/mol. The Morgan fingerprint density at radius 1 is 1.24 bits per heavy atom. The first kappa shape index (κ1) is 32.4. The van der Waals surface area contributed by atoms with Crippen LogP contribution in [0.3, 0.4) is 0 Å². The number of thioether (sulfide) groups is 2. The first-order chi connectivity index (χ1) is 21.7. The smallest absolute Gasteiger partial charge is 0.504 e. The van der Waals surface area contributed by atoms with E-state index < -0.39 is 46.7 Å². The molecule has 0 aliphatic carbocycles. The number of anilines is 1. The minimum absolute atomic E-state index is 0.0124. The van der Waals surface area contributed by atoms with Gasteiger partial charge in [0, 0.05) is 28.0 Å². The number of aromatic nitrogens is 3. The van der Waals surface area contributed by atoms with Crippen LogP contribution in [0.1, 0.15) is 19.5 Å². The zero-order chi connectivity index (χ0) is 33.3. The summed E-state index contributed by atoms with van der Waals surface area (Å²) < 4.78 is 10.6. The van der Waals surface area contributed by atoms with Crippen LogP contribution in [-0.2, 0) is 24.0 Å². The summed E-state index contributed by atoms with van der Waals surface area (Å²) >= 11 is 3.26. The molecule has 46 heavy (non-hydrogen) atoms. The van der Waals surface area contributed by atoms with Crippen molar-refractivity contribution in [2.24, 2.45) is 5.16 Å². The summed E-state index contributed by atoms with van der Waals surface area (Å²) in [6.45, 7) is 2.45. The van der Waals surface area contributed by atoms with Crippen molar-refractivity contribution in [1.29, 1.82) is 0 Å². The summed E-state index contributed by atoms with van der Waals surface area (Å²) in [6, 6.07) is 2.83. The van der Waals surface area contributed by atoms with Gasteiger partial charge in [0.2, 0.25) is 17.4 Å². The highest BCUT2D eigenvalue weighted by Gasteiger charge is 2.54. The molecular formula is C25H23N7O11S3. The number of rotatable bonds is 11. The van der Waals surface area contributed by atoms with Crippen LogP contribution in [0, 0.1) is 0 Å². The molecular weight excluding hydrogens is 671 g/mol. The van der Waals surface area contributed by atoms with Gasteiger partial charge in [-0.1, -0.05) is 16.9 Å². The van der Waals surface area contributed by atoms with E-state index in [9.17, 15) is 39.6 Å². The van der Waals surface area contributed by atoms with Gasteiger partial charge in [-0.3, -0.25) is 14.5 Å². The number of aliphatic carboxylic acids is 1. The average molecular weight is 694 g/mol. The number of nitrogens with two attached hydrogens (primary N) is 1. The van der Waals surface area contributed by atoms with Crippen molar-refractivity contribution in [3.63, 3.8) is 0 Å². The molecule has 18 nitrogen and oxygen atoms in total. The lowest BCUT2D eigenvalue weighted by Crippen LogP contribution is -2.70. The molecule has 0 saturated carbocycles. The van der Waals surface area contributed by atoms with E-state index in [0.717, 1.165) is 28.0 Å². The van der Waals surface area contributed by atoms with E-state index in [1.54, 1.807) is 0 Å². The predicted octanol–water partition coefficient (Wildman–Crippen LogP) is 1.87. The molecule has 1 fully saturated rings. The number of carbonyl (C=O) groups excluding carboxylic acids is 2. The molecule has 7 N–H and O–H groups in total. The van der Waals surface area contributed by atoms with E-state index in [1.165, 1.54) is 49.2 Å². The number of aromatic hydroxyl groups is 2. The first-order valence-electron chi connectivity index (χ1n) is 12.8. The molecule has 0 spiro atoms. The van der Waals surface area contributed by atoms with Crippen molar-refractivity contribution in [2.75, 3.05) is 17.2 Å². The third-order valence-corrected chi connectivity index (χ3v) is 9.24. The maximum absolute atomic E-state index is 13.3. The van der Waals surface area contributed by atoms with Gasteiger partial charge in [-0.15, -0.1) is 33.3 Å². The second-order valence-electron chi connectivity index (χ2n) is 9.92. The Morgan fingerprint density at radius 2 is 2.00 bits per heavy atom. The van der Waals surface area contributed by atoms with E-state index in [0.29, 0.717) is 11.1 Å². The minimum Gasteiger partial charge on any atom is -0.504 e. The monoisotopic (exact) mass is 693 g/mol. The van der Waals surface area contributed by atoms with Gasteiger partial charge < -0.3 is 45.5 Å². The lowest BCUT2D eigenvalue weighted by molar-refractivity contribution is -0.161. The summed E-state index contributed by atoms with van der Waals surface area (Å²) in [5, 5.41) is 52.9. The van der Waals surface area contributed by atoms with Crippen LogP contribution < -0.4 is 11.1 Å². The Kier molecular flexibility index (Phi) is 8.99. The number of oxime groups is 1. The Morgan fingerprint density at radius 3 is 2.65 bits per heavy atom. The summed E-state index contributed by atoms with van der Waals surface area (Å²) in [4.78, 5) is 59.7. The van der Waals surface area contributed by atoms with Crippen molar-refractivity contribution < 1.29 is 53.6 Å². The van der Waals surface area contributed by atoms with Gasteiger partial charge in [0.1, 0.15) is 17.1 Å². The molecule has 1 saturated heterocycles. The highest BCUT2D eigenvalue weighted by Crippen LogP contribution is 2.42. The molecule has 2 atom stereocenters. The number of hydrogen-bond acceptors (Lipinski definition) is 17. The van der Waals surface area contributed by atoms with Crippen molar-refractivity contribution in [2.45, 2.75) is 36.1 Å². The van der Waals surface area contributed by atoms with Gasteiger partial charge in [-0.05, 0) is 32.0 Å². The second kappa shape index (κ2) is 12.8. The number of carboxylic acid groups (broad SMARTS) is 2. The molecule has 4 heterocycles. The highest BCUT2D eigenvalue weighted by molar-refractivity contribution is 8.01. The number of β-lactam (4-membered cyclic amide) rings is 1.